The Hall–Kier alpha value is -3.72. The summed E-state index contributed by atoms with van der Waals surface area (Å²) in [6, 6.07) is 15.7. The van der Waals surface area contributed by atoms with E-state index in [9.17, 15) is 14.0 Å². The van der Waals surface area contributed by atoms with Gasteiger partial charge in [0, 0.05) is 23.9 Å². The Balaban J connectivity index is 1.66. The van der Waals surface area contributed by atoms with Crippen molar-refractivity contribution < 1.29 is 14.0 Å². The smallest absolute Gasteiger partial charge is 0.267 e. The third-order valence-electron chi connectivity index (χ3n) is 3.81. The number of nitrogens with one attached hydrogen (secondary N) is 2. The Morgan fingerprint density at radius 2 is 1.85 bits per heavy atom. The number of nitriles is 1. The van der Waals surface area contributed by atoms with Gasteiger partial charge >= 0.3 is 0 Å². The first-order chi connectivity index (χ1) is 12.6. The molecule has 6 heteroatoms. The van der Waals surface area contributed by atoms with Crippen molar-refractivity contribution in [2.45, 2.75) is 6.54 Å². The molecule has 0 fully saturated rings. The maximum atomic E-state index is 13.2. The molecular formula is C20H14FN3O2. The number of aromatic nitrogens is 1. The van der Waals surface area contributed by atoms with Crippen molar-refractivity contribution in [1.82, 2.24) is 10.3 Å². The number of nitrogens with zero attached hydrogens (tertiary/aromatic N) is 1. The highest BCUT2D eigenvalue weighted by Crippen LogP contribution is 2.13. The molecule has 0 unspecified atom stereocenters. The predicted octanol–water partition coefficient (Wildman–Crippen LogP) is 3.19. The zero-order valence-corrected chi connectivity index (χ0v) is 13.6. The molecule has 26 heavy (non-hydrogen) atoms. The molecule has 0 radical (unpaired) electrons. The molecule has 0 saturated carbocycles. The molecule has 3 aromatic rings. The number of carbonyl (C=O) groups is 2. The minimum atomic E-state index is -0.494. The van der Waals surface area contributed by atoms with Gasteiger partial charge in [0.2, 0.25) is 0 Å². The fraction of sp³-hybridized carbons (Fsp3) is 0.0500. The monoisotopic (exact) mass is 347 g/mol. The van der Waals surface area contributed by atoms with Crippen LogP contribution in [0.5, 0.6) is 0 Å². The van der Waals surface area contributed by atoms with Gasteiger partial charge in [0.15, 0.2) is 5.78 Å². The molecule has 128 valence electrons. The van der Waals surface area contributed by atoms with Gasteiger partial charge in [-0.25, -0.2) is 4.39 Å². The predicted molar refractivity (Wildman–Crippen MR) is 93.0 cm³/mol. The van der Waals surface area contributed by atoms with Crippen LogP contribution in [0.15, 0.2) is 60.8 Å². The molecule has 3 rings (SSSR count). The zero-order chi connectivity index (χ0) is 18.5. The van der Waals surface area contributed by atoms with Crippen LogP contribution in [0.25, 0.3) is 0 Å². The van der Waals surface area contributed by atoms with Crippen LogP contribution in [0.3, 0.4) is 0 Å². The molecular weight excluding hydrogens is 333 g/mol. The third-order valence-corrected chi connectivity index (χ3v) is 3.81. The van der Waals surface area contributed by atoms with E-state index in [0.717, 1.165) is 11.6 Å². The average Bonchev–Trinajstić information content (AvgIpc) is 3.16. The Morgan fingerprint density at radius 1 is 1.08 bits per heavy atom. The summed E-state index contributed by atoms with van der Waals surface area (Å²) in [4.78, 5) is 27.3. The molecule has 0 aliphatic heterocycles. The van der Waals surface area contributed by atoms with Crippen LogP contribution in [-0.4, -0.2) is 16.7 Å². The number of aromatic amines is 1. The first kappa shape index (κ1) is 17.1. The number of halogens is 1. The molecule has 0 bridgehead atoms. The van der Waals surface area contributed by atoms with Crippen LogP contribution in [0, 0.1) is 17.1 Å². The minimum Gasteiger partial charge on any atom is -0.356 e. The third kappa shape index (κ3) is 3.84. The molecule has 1 amide bonds. The average molecular weight is 347 g/mol. The molecule has 1 aromatic heterocycles. The molecule has 0 aliphatic rings. The van der Waals surface area contributed by atoms with Crippen molar-refractivity contribution >= 4 is 11.7 Å². The quantitative estimate of drug-likeness (QED) is 0.695. The first-order valence-electron chi connectivity index (χ1n) is 7.83. The van der Waals surface area contributed by atoms with E-state index >= 15 is 0 Å². The molecule has 5 nitrogen and oxygen atoms in total. The van der Waals surface area contributed by atoms with Crippen LogP contribution < -0.4 is 5.32 Å². The topological polar surface area (TPSA) is 85.8 Å². The summed E-state index contributed by atoms with van der Waals surface area (Å²) < 4.78 is 13.2. The van der Waals surface area contributed by atoms with Gasteiger partial charge < -0.3 is 10.3 Å². The highest BCUT2D eigenvalue weighted by Gasteiger charge is 2.15. The lowest BCUT2D eigenvalue weighted by Crippen LogP contribution is -2.23. The Morgan fingerprint density at radius 3 is 2.54 bits per heavy atom. The second-order valence-electron chi connectivity index (χ2n) is 5.63. The van der Waals surface area contributed by atoms with Gasteiger partial charge in [0.1, 0.15) is 11.5 Å². The van der Waals surface area contributed by atoms with Gasteiger partial charge in [-0.2, -0.15) is 5.26 Å². The van der Waals surface area contributed by atoms with E-state index < -0.39 is 5.82 Å². The maximum absolute atomic E-state index is 13.2. The van der Waals surface area contributed by atoms with Crippen LogP contribution in [0.2, 0.25) is 0 Å². The molecule has 0 atom stereocenters. The maximum Gasteiger partial charge on any atom is 0.267 e. The minimum absolute atomic E-state index is 0.216. The number of H-pyrrole nitrogens is 1. The summed E-state index contributed by atoms with van der Waals surface area (Å²) in [5, 5.41) is 11.5. The van der Waals surface area contributed by atoms with Gasteiger partial charge in [-0.15, -0.1) is 0 Å². The number of ketones is 1. The van der Waals surface area contributed by atoms with E-state index in [4.69, 9.17) is 5.26 Å². The Bertz CT molecular complexity index is 1000. The standard InChI is InChI=1S/C20H14FN3O2/c21-17-3-1-2-15(8-17)19(25)16-9-18(23-12-16)20(26)24-11-14-6-4-13(10-22)5-7-14/h1-9,12,23H,11H2,(H,24,26). The first-order valence-corrected chi connectivity index (χ1v) is 7.83. The SMILES string of the molecule is N#Cc1ccc(CNC(=O)c2cc(C(=O)c3cccc(F)c3)c[nH]2)cc1. The van der Waals surface area contributed by atoms with Crippen molar-refractivity contribution in [3.63, 3.8) is 0 Å². The van der Waals surface area contributed by atoms with E-state index in [1.807, 2.05) is 6.07 Å². The summed E-state index contributed by atoms with van der Waals surface area (Å²) in [6.45, 7) is 0.288. The normalized spacial score (nSPS) is 10.2. The van der Waals surface area contributed by atoms with Gasteiger partial charge in [0.05, 0.1) is 11.6 Å². The second kappa shape index (κ2) is 7.45. The molecule has 0 saturated heterocycles. The number of carbonyl (C=O) groups excluding carboxylic acids is 2. The summed E-state index contributed by atoms with van der Waals surface area (Å²) >= 11 is 0. The fourth-order valence-corrected chi connectivity index (χ4v) is 2.43. The van der Waals surface area contributed by atoms with Gasteiger partial charge in [-0.05, 0) is 35.9 Å². The van der Waals surface area contributed by atoms with Crippen molar-refractivity contribution in [3.05, 3.63) is 94.6 Å². The number of hydrogen-bond donors (Lipinski definition) is 2. The number of amides is 1. The highest BCUT2D eigenvalue weighted by molar-refractivity contribution is 6.10. The fourth-order valence-electron chi connectivity index (χ4n) is 2.43. The number of hydrogen-bond acceptors (Lipinski definition) is 3. The number of rotatable bonds is 5. The molecule has 1 heterocycles. The zero-order valence-electron chi connectivity index (χ0n) is 13.6. The van der Waals surface area contributed by atoms with Crippen LogP contribution in [0.1, 0.15) is 37.5 Å². The lowest BCUT2D eigenvalue weighted by Gasteiger charge is -2.04. The highest BCUT2D eigenvalue weighted by atomic mass is 19.1. The lowest BCUT2D eigenvalue weighted by atomic mass is 10.1. The largest absolute Gasteiger partial charge is 0.356 e. The Kier molecular flexibility index (Phi) is 4.90. The summed E-state index contributed by atoms with van der Waals surface area (Å²) in [5.74, 6) is -1.23. The van der Waals surface area contributed by atoms with E-state index in [-0.39, 0.29) is 35.1 Å². The van der Waals surface area contributed by atoms with Crippen molar-refractivity contribution in [1.29, 1.82) is 5.26 Å². The van der Waals surface area contributed by atoms with Gasteiger partial charge in [0.25, 0.3) is 5.91 Å². The lowest BCUT2D eigenvalue weighted by molar-refractivity contribution is 0.0946. The number of benzene rings is 2. The van der Waals surface area contributed by atoms with Crippen molar-refractivity contribution in [3.8, 4) is 6.07 Å². The van der Waals surface area contributed by atoms with Crippen molar-refractivity contribution in [2.24, 2.45) is 0 Å². The Labute approximate surface area is 149 Å². The van der Waals surface area contributed by atoms with Crippen LogP contribution in [-0.2, 0) is 6.54 Å². The molecule has 0 spiro atoms. The summed E-state index contributed by atoms with van der Waals surface area (Å²) in [5.41, 5.74) is 2.12. The van der Waals surface area contributed by atoms with E-state index in [2.05, 4.69) is 10.3 Å². The summed E-state index contributed by atoms with van der Waals surface area (Å²) in [6.07, 6.45) is 1.42. The molecule has 2 N–H and O–H groups in total. The van der Waals surface area contributed by atoms with E-state index in [0.29, 0.717) is 5.56 Å². The van der Waals surface area contributed by atoms with Gasteiger partial charge in [-0.3, -0.25) is 9.59 Å². The van der Waals surface area contributed by atoms with E-state index in [1.165, 1.54) is 30.5 Å². The van der Waals surface area contributed by atoms with E-state index in [1.54, 1.807) is 24.3 Å². The second-order valence-corrected chi connectivity index (χ2v) is 5.63. The van der Waals surface area contributed by atoms with Crippen LogP contribution >= 0.6 is 0 Å². The molecule has 2 aromatic carbocycles. The van der Waals surface area contributed by atoms with Crippen molar-refractivity contribution in [2.75, 3.05) is 0 Å². The van der Waals surface area contributed by atoms with Crippen LogP contribution in [0.4, 0.5) is 4.39 Å². The molecule has 0 aliphatic carbocycles. The summed E-state index contributed by atoms with van der Waals surface area (Å²) in [7, 11) is 0. The van der Waals surface area contributed by atoms with Gasteiger partial charge in [-0.1, -0.05) is 24.3 Å².